The molecule has 1 amide bonds. The van der Waals surface area contributed by atoms with Crippen LogP contribution in [-0.4, -0.2) is 16.4 Å². The molecule has 4 heteroatoms. The maximum atomic E-state index is 12.1. The molecule has 4 nitrogen and oxygen atoms in total. The molecule has 0 saturated carbocycles. The topological polar surface area (TPSA) is 65.1 Å². The van der Waals surface area contributed by atoms with Gasteiger partial charge in [-0.3, -0.25) is 14.2 Å². The molecule has 20 heavy (non-hydrogen) atoms. The number of unbranched alkanes of at least 4 members (excludes halogenated alkanes) is 5. The van der Waals surface area contributed by atoms with Crippen molar-refractivity contribution in [2.24, 2.45) is 5.73 Å². The zero-order valence-corrected chi connectivity index (χ0v) is 11.8. The number of hydrogen-bond donors (Lipinski definition) is 1. The number of benzene rings is 1. The van der Waals surface area contributed by atoms with Crippen molar-refractivity contribution in [3.8, 4) is 0 Å². The highest BCUT2D eigenvalue weighted by Gasteiger charge is 2.10. The van der Waals surface area contributed by atoms with Gasteiger partial charge in [-0.2, -0.15) is 0 Å². The first-order chi connectivity index (χ1) is 9.68. The van der Waals surface area contributed by atoms with Crippen molar-refractivity contribution >= 4 is 22.8 Å². The second-order valence-corrected chi connectivity index (χ2v) is 5.33. The number of fused-ring (bicyclic) bond motifs is 2. The van der Waals surface area contributed by atoms with Crippen molar-refractivity contribution < 1.29 is 9.59 Å². The molecular formula is C16H22N2O2. The third-order valence-corrected chi connectivity index (χ3v) is 3.68. The van der Waals surface area contributed by atoms with E-state index in [9.17, 15) is 9.59 Å². The van der Waals surface area contributed by atoms with Gasteiger partial charge in [0.1, 0.15) is 0 Å². The molecule has 2 bridgehead atoms. The molecule has 2 N–H and O–H groups in total. The van der Waals surface area contributed by atoms with E-state index in [0.717, 1.165) is 49.6 Å². The van der Waals surface area contributed by atoms with Crippen molar-refractivity contribution in [2.45, 2.75) is 51.4 Å². The Balaban J connectivity index is 1.55. The fourth-order valence-electron chi connectivity index (χ4n) is 2.58. The summed E-state index contributed by atoms with van der Waals surface area (Å²) in [6, 6.07) is 7.91. The minimum absolute atomic E-state index is 0.193. The van der Waals surface area contributed by atoms with Crippen LogP contribution in [0.2, 0.25) is 0 Å². The molecule has 0 saturated heterocycles. The largest absolute Gasteiger partial charge is 0.370 e. The lowest BCUT2D eigenvalue weighted by Gasteiger charge is -2.03. The zero-order valence-electron chi connectivity index (χ0n) is 11.8. The standard InChI is InChI=1S/C16H22N2O2/c17-15(19)7-5-3-1-2-4-6-8-16(20)18-13-9-10-14(18)12-11-13/h9-12H,1-8H2,(H2,17,19). The Morgan fingerprint density at radius 1 is 0.800 bits per heavy atom. The molecule has 108 valence electrons. The van der Waals surface area contributed by atoms with E-state index in [-0.39, 0.29) is 11.8 Å². The van der Waals surface area contributed by atoms with E-state index in [1.807, 2.05) is 24.3 Å². The van der Waals surface area contributed by atoms with E-state index in [1.165, 1.54) is 0 Å². The number of carbonyl (C=O) groups excluding carboxylic acids is 2. The van der Waals surface area contributed by atoms with Crippen LogP contribution in [0.1, 0.15) is 56.2 Å². The van der Waals surface area contributed by atoms with Gasteiger partial charge < -0.3 is 5.73 Å². The minimum atomic E-state index is -0.215. The van der Waals surface area contributed by atoms with E-state index in [2.05, 4.69) is 0 Å². The van der Waals surface area contributed by atoms with Gasteiger partial charge in [0.25, 0.3) is 0 Å². The summed E-state index contributed by atoms with van der Waals surface area (Å²) in [6.07, 6.45) is 7.27. The minimum Gasteiger partial charge on any atom is -0.370 e. The van der Waals surface area contributed by atoms with Crippen molar-refractivity contribution in [3.05, 3.63) is 24.3 Å². The van der Waals surface area contributed by atoms with Crippen LogP contribution in [0.5, 0.6) is 0 Å². The fraction of sp³-hybridized carbons (Fsp3) is 0.500. The molecule has 0 aliphatic rings. The predicted molar refractivity (Wildman–Crippen MR) is 79.9 cm³/mol. The summed E-state index contributed by atoms with van der Waals surface area (Å²) >= 11 is 0. The van der Waals surface area contributed by atoms with Crippen LogP contribution in [-0.2, 0) is 4.79 Å². The zero-order chi connectivity index (χ0) is 14.4. The van der Waals surface area contributed by atoms with E-state index in [0.29, 0.717) is 12.8 Å². The van der Waals surface area contributed by atoms with Gasteiger partial charge in [0.05, 0.1) is 0 Å². The Morgan fingerprint density at radius 3 is 1.75 bits per heavy atom. The average Bonchev–Trinajstić information content (AvgIpc) is 3.01. The van der Waals surface area contributed by atoms with Crippen LogP contribution >= 0.6 is 0 Å². The van der Waals surface area contributed by atoms with Crippen LogP contribution in [0.25, 0.3) is 11.0 Å². The van der Waals surface area contributed by atoms with E-state index in [4.69, 9.17) is 5.73 Å². The number of aromatic nitrogens is 1. The molecule has 0 atom stereocenters. The summed E-state index contributed by atoms with van der Waals surface area (Å²) in [5, 5.41) is 0. The van der Waals surface area contributed by atoms with Crippen LogP contribution in [0.3, 0.4) is 0 Å². The lowest BCUT2D eigenvalue weighted by Crippen LogP contribution is -2.09. The van der Waals surface area contributed by atoms with E-state index >= 15 is 0 Å². The van der Waals surface area contributed by atoms with Gasteiger partial charge in [0, 0.05) is 23.9 Å². The van der Waals surface area contributed by atoms with Gasteiger partial charge in [-0.05, 0) is 37.1 Å². The number of amides is 1. The molecule has 2 aromatic rings. The number of nitrogens with zero attached hydrogens (tertiary/aromatic N) is 1. The molecule has 2 aromatic heterocycles. The SMILES string of the molecule is NC(=O)CCCCCCCCC(=O)n1c2ccc1cc2. The maximum absolute atomic E-state index is 12.1. The first-order valence-electron chi connectivity index (χ1n) is 7.40. The average molecular weight is 274 g/mol. The highest BCUT2D eigenvalue weighted by atomic mass is 16.2. The smallest absolute Gasteiger partial charge is 0.231 e. The number of primary amides is 1. The molecule has 2 rings (SSSR count). The second kappa shape index (κ2) is 7.08. The Kier molecular flexibility index (Phi) is 5.16. The summed E-state index contributed by atoms with van der Waals surface area (Å²) < 4.78 is 1.80. The van der Waals surface area contributed by atoms with Crippen molar-refractivity contribution in [1.29, 1.82) is 0 Å². The number of nitrogens with two attached hydrogens (primary N) is 1. The summed E-state index contributed by atoms with van der Waals surface area (Å²) in [4.78, 5) is 22.6. The molecule has 0 fully saturated rings. The molecule has 0 aliphatic heterocycles. The second-order valence-electron chi connectivity index (χ2n) is 5.33. The lowest BCUT2D eigenvalue weighted by atomic mass is 10.1. The summed E-state index contributed by atoms with van der Waals surface area (Å²) in [5.41, 5.74) is 7.07. The van der Waals surface area contributed by atoms with E-state index < -0.39 is 0 Å². The molecule has 0 unspecified atom stereocenters. The van der Waals surface area contributed by atoms with Crippen LogP contribution in [0.15, 0.2) is 24.3 Å². The van der Waals surface area contributed by atoms with Gasteiger partial charge >= 0.3 is 0 Å². The lowest BCUT2D eigenvalue weighted by molar-refractivity contribution is -0.118. The van der Waals surface area contributed by atoms with Gasteiger partial charge in [0.2, 0.25) is 11.8 Å². The maximum Gasteiger partial charge on any atom is 0.231 e. The van der Waals surface area contributed by atoms with Gasteiger partial charge in [-0.15, -0.1) is 0 Å². The Morgan fingerprint density at radius 2 is 1.25 bits per heavy atom. The molecular weight excluding hydrogens is 252 g/mol. The first-order valence-corrected chi connectivity index (χ1v) is 7.40. The number of carbonyl (C=O) groups is 2. The van der Waals surface area contributed by atoms with Crippen molar-refractivity contribution in [3.63, 3.8) is 0 Å². The number of hydrogen-bond acceptors (Lipinski definition) is 2. The molecule has 0 aliphatic carbocycles. The summed E-state index contributed by atoms with van der Waals surface area (Å²) in [5.74, 6) is -0.0215. The highest BCUT2D eigenvalue weighted by molar-refractivity contribution is 5.91. The Labute approximate surface area is 119 Å². The third-order valence-electron chi connectivity index (χ3n) is 3.68. The van der Waals surface area contributed by atoms with Gasteiger partial charge in [0.15, 0.2) is 0 Å². The monoisotopic (exact) mass is 274 g/mol. The third kappa shape index (κ3) is 3.83. The van der Waals surface area contributed by atoms with Crippen LogP contribution in [0.4, 0.5) is 0 Å². The predicted octanol–water partition coefficient (Wildman–Crippen LogP) is 3.33. The van der Waals surface area contributed by atoms with Crippen molar-refractivity contribution in [2.75, 3.05) is 0 Å². The fourth-order valence-corrected chi connectivity index (χ4v) is 2.58. The van der Waals surface area contributed by atoms with Crippen molar-refractivity contribution in [1.82, 2.24) is 4.57 Å². The van der Waals surface area contributed by atoms with Gasteiger partial charge in [-0.1, -0.05) is 25.7 Å². The van der Waals surface area contributed by atoms with Crippen LogP contribution < -0.4 is 5.73 Å². The quantitative estimate of drug-likeness (QED) is 0.713. The molecule has 2 heterocycles. The highest BCUT2D eigenvalue weighted by Crippen LogP contribution is 2.18. The number of rotatable bonds is 9. The Hall–Kier alpha value is -1.84. The van der Waals surface area contributed by atoms with Gasteiger partial charge in [-0.25, -0.2) is 0 Å². The van der Waals surface area contributed by atoms with E-state index in [1.54, 1.807) is 4.57 Å². The summed E-state index contributed by atoms with van der Waals surface area (Å²) in [6.45, 7) is 0. The molecule has 0 aromatic carbocycles. The summed E-state index contributed by atoms with van der Waals surface area (Å²) in [7, 11) is 0. The van der Waals surface area contributed by atoms with Crippen LogP contribution in [0, 0.1) is 0 Å². The molecule has 0 radical (unpaired) electrons. The first kappa shape index (κ1) is 14.6. The molecule has 0 spiro atoms. The normalized spacial score (nSPS) is 11.2. The Bertz CT molecular complexity index is 511.